The highest BCUT2D eigenvalue weighted by Crippen LogP contribution is 2.15. The van der Waals surface area contributed by atoms with Gasteiger partial charge in [-0.25, -0.2) is 0 Å². The molecular formula is C14H16ClN3O5S. The van der Waals surface area contributed by atoms with Crippen molar-refractivity contribution in [3.63, 3.8) is 0 Å². The molecular weight excluding hydrogens is 358 g/mol. The van der Waals surface area contributed by atoms with Crippen LogP contribution in [0.1, 0.15) is 12.8 Å². The second-order valence-electron chi connectivity index (χ2n) is 4.37. The summed E-state index contributed by atoms with van der Waals surface area (Å²) in [5.41, 5.74) is 4.60. The van der Waals surface area contributed by atoms with Gasteiger partial charge in [0.1, 0.15) is 5.75 Å². The first-order valence-corrected chi connectivity index (χ1v) is 7.53. The number of ether oxygens (including phenoxy) is 2. The van der Waals surface area contributed by atoms with Gasteiger partial charge in [-0.2, -0.15) is 0 Å². The molecule has 130 valence electrons. The lowest BCUT2D eigenvalue weighted by Gasteiger charge is -2.11. The smallest absolute Gasteiger partial charge is 0.306 e. The lowest BCUT2D eigenvalue weighted by atomic mass is 10.3. The molecule has 1 aromatic carbocycles. The molecule has 10 heteroatoms. The summed E-state index contributed by atoms with van der Waals surface area (Å²) in [5.74, 6) is -1.01. The second kappa shape index (κ2) is 10.4. The third-order valence-electron chi connectivity index (χ3n) is 2.54. The average molecular weight is 374 g/mol. The number of halogens is 1. The standard InChI is InChI=1S/C14H16ClN3O5S/c1-22-13(21)7-6-11(19)16-14(24)18-17-12(20)8-23-10-4-2-9(15)3-5-10/h2-5H,6-8H2,1H3,(H,17,20)(H2,16,18,19,24). The van der Waals surface area contributed by atoms with E-state index in [1.54, 1.807) is 24.3 Å². The molecule has 0 heterocycles. The Morgan fingerprint density at radius 2 is 1.75 bits per heavy atom. The van der Waals surface area contributed by atoms with Gasteiger partial charge in [-0.15, -0.1) is 0 Å². The average Bonchev–Trinajstić information content (AvgIpc) is 2.57. The zero-order valence-electron chi connectivity index (χ0n) is 12.8. The summed E-state index contributed by atoms with van der Waals surface area (Å²) in [6.07, 6.45) is -0.144. The number of rotatable bonds is 6. The van der Waals surface area contributed by atoms with Gasteiger partial charge in [0.05, 0.1) is 13.5 Å². The van der Waals surface area contributed by atoms with Gasteiger partial charge in [-0.1, -0.05) is 11.6 Å². The monoisotopic (exact) mass is 373 g/mol. The fraction of sp³-hybridized carbons (Fsp3) is 0.286. The van der Waals surface area contributed by atoms with Crippen LogP contribution < -0.4 is 20.9 Å². The largest absolute Gasteiger partial charge is 0.484 e. The Kier molecular flexibility index (Phi) is 8.52. The molecule has 0 saturated heterocycles. The van der Waals surface area contributed by atoms with Crippen molar-refractivity contribution in [2.24, 2.45) is 0 Å². The molecule has 1 aromatic rings. The molecule has 0 aromatic heterocycles. The first-order chi connectivity index (χ1) is 11.4. The van der Waals surface area contributed by atoms with Crippen molar-refractivity contribution in [3.05, 3.63) is 29.3 Å². The van der Waals surface area contributed by atoms with Crippen molar-refractivity contribution in [3.8, 4) is 5.75 Å². The molecule has 1 rings (SSSR count). The van der Waals surface area contributed by atoms with E-state index < -0.39 is 17.8 Å². The predicted molar refractivity (Wildman–Crippen MR) is 90.2 cm³/mol. The SMILES string of the molecule is COC(=O)CCC(=O)NC(=S)NNC(=O)COc1ccc(Cl)cc1. The normalized spacial score (nSPS) is 9.58. The number of hydrogen-bond acceptors (Lipinski definition) is 6. The maximum Gasteiger partial charge on any atom is 0.306 e. The molecule has 0 fully saturated rings. The maximum atomic E-state index is 11.6. The van der Waals surface area contributed by atoms with Crippen LogP contribution in [-0.2, 0) is 19.1 Å². The molecule has 2 amide bonds. The number of carbonyl (C=O) groups is 3. The predicted octanol–water partition coefficient (Wildman–Crippen LogP) is 0.694. The van der Waals surface area contributed by atoms with Crippen LogP contribution in [0.25, 0.3) is 0 Å². The van der Waals surface area contributed by atoms with Gasteiger partial charge in [0, 0.05) is 11.4 Å². The summed E-state index contributed by atoms with van der Waals surface area (Å²) in [6.45, 7) is -0.256. The number of carbonyl (C=O) groups excluding carboxylic acids is 3. The van der Waals surface area contributed by atoms with Gasteiger partial charge in [0.25, 0.3) is 5.91 Å². The van der Waals surface area contributed by atoms with Crippen molar-refractivity contribution in [2.45, 2.75) is 12.8 Å². The lowest BCUT2D eigenvalue weighted by molar-refractivity contribution is -0.142. The first-order valence-electron chi connectivity index (χ1n) is 6.74. The van der Waals surface area contributed by atoms with Crippen LogP contribution in [0.15, 0.2) is 24.3 Å². The van der Waals surface area contributed by atoms with Crippen molar-refractivity contribution in [2.75, 3.05) is 13.7 Å². The van der Waals surface area contributed by atoms with Gasteiger partial charge in [-0.3, -0.25) is 25.2 Å². The minimum atomic E-state index is -0.504. The minimum Gasteiger partial charge on any atom is -0.484 e. The third kappa shape index (κ3) is 8.30. The van der Waals surface area contributed by atoms with Crippen LogP contribution in [0.4, 0.5) is 0 Å². The fourth-order valence-electron chi connectivity index (χ4n) is 1.38. The molecule has 0 atom stereocenters. The van der Waals surface area contributed by atoms with Gasteiger partial charge < -0.3 is 14.8 Å². The molecule has 3 N–H and O–H groups in total. The minimum absolute atomic E-state index is 0.0633. The summed E-state index contributed by atoms with van der Waals surface area (Å²) in [6, 6.07) is 6.50. The highest BCUT2D eigenvalue weighted by Gasteiger charge is 2.09. The first kappa shape index (κ1) is 19.7. The summed E-state index contributed by atoms with van der Waals surface area (Å²) in [5, 5.41) is 2.75. The van der Waals surface area contributed by atoms with E-state index in [-0.39, 0.29) is 24.6 Å². The van der Waals surface area contributed by atoms with Crippen molar-refractivity contribution < 1.29 is 23.9 Å². The van der Waals surface area contributed by atoms with E-state index in [9.17, 15) is 14.4 Å². The van der Waals surface area contributed by atoms with E-state index in [0.29, 0.717) is 10.8 Å². The third-order valence-corrected chi connectivity index (χ3v) is 2.99. The number of benzene rings is 1. The second-order valence-corrected chi connectivity index (χ2v) is 5.21. The van der Waals surface area contributed by atoms with E-state index in [4.69, 9.17) is 28.6 Å². The number of esters is 1. The molecule has 0 aliphatic carbocycles. The number of methoxy groups -OCH3 is 1. The molecule has 0 aliphatic rings. The van der Waals surface area contributed by atoms with E-state index in [2.05, 4.69) is 20.9 Å². The number of nitrogens with one attached hydrogen (secondary N) is 3. The maximum absolute atomic E-state index is 11.6. The molecule has 0 saturated carbocycles. The van der Waals surface area contributed by atoms with Crippen LogP contribution >= 0.6 is 23.8 Å². The summed E-state index contributed by atoms with van der Waals surface area (Å²) in [7, 11) is 1.23. The topological polar surface area (TPSA) is 106 Å². The summed E-state index contributed by atoms with van der Waals surface area (Å²) < 4.78 is 9.63. The van der Waals surface area contributed by atoms with Gasteiger partial charge in [-0.05, 0) is 36.5 Å². The highest BCUT2D eigenvalue weighted by molar-refractivity contribution is 7.80. The molecule has 0 spiro atoms. The molecule has 0 unspecified atom stereocenters. The van der Waals surface area contributed by atoms with E-state index in [0.717, 1.165) is 0 Å². The summed E-state index contributed by atoms with van der Waals surface area (Å²) in [4.78, 5) is 33.9. The Morgan fingerprint density at radius 3 is 2.38 bits per heavy atom. The van der Waals surface area contributed by atoms with E-state index >= 15 is 0 Å². The molecule has 24 heavy (non-hydrogen) atoms. The van der Waals surface area contributed by atoms with Gasteiger partial charge in [0.15, 0.2) is 11.7 Å². The fourth-order valence-corrected chi connectivity index (χ4v) is 1.67. The van der Waals surface area contributed by atoms with E-state index in [1.165, 1.54) is 7.11 Å². The lowest BCUT2D eigenvalue weighted by Crippen LogP contribution is -2.49. The highest BCUT2D eigenvalue weighted by atomic mass is 35.5. The van der Waals surface area contributed by atoms with Gasteiger partial charge in [0.2, 0.25) is 5.91 Å². The van der Waals surface area contributed by atoms with Crippen LogP contribution in [-0.4, -0.2) is 36.6 Å². The zero-order chi connectivity index (χ0) is 17.9. The van der Waals surface area contributed by atoms with E-state index in [1.807, 2.05) is 0 Å². The molecule has 0 bridgehead atoms. The van der Waals surface area contributed by atoms with Crippen LogP contribution in [0.3, 0.4) is 0 Å². The quantitative estimate of drug-likeness (QED) is 0.383. The Morgan fingerprint density at radius 1 is 1.08 bits per heavy atom. The number of hydrogen-bond donors (Lipinski definition) is 3. The van der Waals surface area contributed by atoms with Crippen LogP contribution in [0.2, 0.25) is 5.02 Å². The Balaban J connectivity index is 2.21. The molecule has 0 radical (unpaired) electrons. The Bertz CT molecular complexity index is 609. The van der Waals surface area contributed by atoms with Crippen LogP contribution in [0.5, 0.6) is 5.75 Å². The van der Waals surface area contributed by atoms with Crippen LogP contribution in [0, 0.1) is 0 Å². The van der Waals surface area contributed by atoms with Crippen molar-refractivity contribution in [1.29, 1.82) is 0 Å². The van der Waals surface area contributed by atoms with Crippen molar-refractivity contribution in [1.82, 2.24) is 16.2 Å². The van der Waals surface area contributed by atoms with Gasteiger partial charge >= 0.3 is 5.97 Å². The van der Waals surface area contributed by atoms with Crippen molar-refractivity contribution >= 4 is 46.7 Å². The molecule has 8 nitrogen and oxygen atoms in total. The number of thiocarbonyl (C=S) groups is 1. The number of amides is 2. The zero-order valence-corrected chi connectivity index (χ0v) is 14.3. The Hall–Kier alpha value is -2.39. The number of hydrazine groups is 1. The Labute approximate surface area is 148 Å². The summed E-state index contributed by atoms with van der Waals surface area (Å²) >= 11 is 10.5. The molecule has 0 aliphatic heterocycles.